The molecule has 0 aromatic heterocycles. The van der Waals surface area contributed by atoms with Crippen LogP contribution in [-0.2, 0) is 12.5 Å². The number of methoxy groups -OCH3 is 2. The maximum absolute atomic E-state index is 13.9. The Balaban J connectivity index is 2.15. The maximum Gasteiger partial charge on any atom is 0.161 e. The van der Waals surface area contributed by atoms with Crippen molar-refractivity contribution in [2.75, 3.05) is 14.2 Å². The molecule has 5 heteroatoms. The number of rotatable bonds is 6. The standard InChI is InChI=1S/C16H16ClFO3/c1-19-13-5-4-12(14(18)8-13)10-21-16-7-11(9-17)3-6-15(16)20-2/h3-8H,9-10H2,1-2H3. The molecule has 2 aromatic rings. The van der Waals surface area contributed by atoms with Gasteiger partial charge in [-0.3, -0.25) is 0 Å². The van der Waals surface area contributed by atoms with Crippen LogP contribution in [0.25, 0.3) is 0 Å². The Labute approximate surface area is 128 Å². The Morgan fingerprint density at radius 3 is 2.43 bits per heavy atom. The molecular weight excluding hydrogens is 295 g/mol. The molecular formula is C16H16ClFO3. The highest BCUT2D eigenvalue weighted by Gasteiger charge is 2.09. The van der Waals surface area contributed by atoms with Gasteiger partial charge >= 0.3 is 0 Å². The zero-order chi connectivity index (χ0) is 15.2. The van der Waals surface area contributed by atoms with E-state index < -0.39 is 0 Å². The zero-order valence-electron chi connectivity index (χ0n) is 11.9. The van der Waals surface area contributed by atoms with Gasteiger partial charge < -0.3 is 14.2 Å². The van der Waals surface area contributed by atoms with Crippen LogP contribution in [0.4, 0.5) is 4.39 Å². The highest BCUT2D eigenvalue weighted by Crippen LogP contribution is 2.30. The Morgan fingerprint density at radius 2 is 1.81 bits per heavy atom. The van der Waals surface area contributed by atoms with Crippen molar-refractivity contribution in [2.45, 2.75) is 12.5 Å². The molecule has 2 rings (SSSR count). The van der Waals surface area contributed by atoms with Gasteiger partial charge in [0.1, 0.15) is 18.2 Å². The summed E-state index contributed by atoms with van der Waals surface area (Å²) in [5.41, 5.74) is 1.34. The molecule has 0 heterocycles. The van der Waals surface area contributed by atoms with Crippen LogP contribution >= 0.6 is 11.6 Å². The van der Waals surface area contributed by atoms with Gasteiger partial charge in [0.2, 0.25) is 0 Å². The van der Waals surface area contributed by atoms with E-state index in [2.05, 4.69) is 0 Å². The van der Waals surface area contributed by atoms with Gasteiger partial charge in [0.25, 0.3) is 0 Å². The first-order chi connectivity index (χ1) is 10.2. The van der Waals surface area contributed by atoms with Crippen molar-refractivity contribution in [3.8, 4) is 17.2 Å². The maximum atomic E-state index is 13.9. The molecule has 0 atom stereocenters. The Bertz CT molecular complexity index is 616. The average molecular weight is 311 g/mol. The minimum Gasteiger partial charge on any atom is -0.497 e. The van der Waals surface area contributed by atoms with Gasteiger partial charge in [-0.25, -0.2) is 4.39 Å². The van der Waals surface area contributed by atoms with Gasteiger partial charge in [-0.05, 0) is 29.8 Å². The molecule has 0 saturated carbocycles. The van der Waals surface area contributed by atoms with Crippen LogP contribution in [0.1, 0.15) is 11.1 Å². The molecule has 21 heavy (non-hydrogen) atoms. The molecule has 2 aromatic carbocycles. The topological polar surface area (TPSA) is 27.7 Å². The van der Waals surface area contributed by atoms with Crippen molar-refractivity contribution in [1.82, 2.24) is 0 Å². The van der Waals surface area contributed by atoms with Crippen molar-refractivity contribution in [3.63, 3.8) is 0 Å². The summed E-state index contributed by atoms with van der Waals surface area (Å²) >= 11 is 5.80. The van der Waals surface area contributed by atoms with Crippen LogP contribution in [0, 0.1) is 5.82 Å². The van der Waals surface area contributed by atoms with Gasteiger partial charge in [0, 0.05) is 17.5 Å². The molecule has 0 saturated heterocycles. The molecule has 112 valence electrons. The second-order valence-corrected chi connectivity index (χ2v) is 4.63. The minimum absolute atomic E-state index is 0.0952. The fraction of sp³-hybridized carbons (Fsp3) is 0.250. The average Bonchev–Trinajstić information content (AvgIpc) is 2.53. The lowest BCUT2D eigenvalue weighted by molar-refractivity contribution is 0.279. The monoisotopic (exact) mass is 310 g/mol. The number of ether oxygens (including phenoxy) is 3. The fourth-order valence-electron chi connectivity index (χ4n) is 1.84. The van der Waals surface area contributed by atoms with Gasteiger partial charge in [-0.15, -0.1) is 11.6 Å². The van der Waals surface area contributed by atoms with E-state index >= 15 is 0 Å². The summed E-state index contributed by atoms with van der Waals surface area (Å²) in [5, 5.41) is 0. The Kier molecular flexibility index (Phi) is 5.28. The highest BCUT2D eigenvalue weighted by molar-refractivity contribution is 6.17. The number of hydrogen-bond donors (Lipinski definition) is 0. The van der Waals surface area contributed by atoms with Crippen LogP contribution in [-0.4, -0.2) is 14.2 Å². The van der Waals surface area contributed by atoms with Gasteiger partial charge in [-0.1, -0.05) is 6.07 Å². The van der Waals surface area contributed by atoms with Crippen molar-refractivity contribution in [1.29, 1.82) is 0 Å². The van der Waals surface area contributed by atoms with Gasteiger partial charge in [-0.2, -0.15) is 0 Å². The molecule has 0 fully saturated rings. The smallest absolute Gasteiger partial charge is 0.161 e. The summed E-state index contributed by atoms with van der Waals surface area (Å²) in [6.45, 7) is 0.0952. The van der Waals surface area contributed by atoms with E-state index in [0.29, 0.717) is 28.7 Å². The number of benzene rings is 2. The van der Waals surface area contributed by atoms with Crippen molar-refractivity contribution < 1.29 is 18.6 Å². The second kappa shape index (κ2) is 7.18. The lowest BCUT2D eigenvalue weighted by Gasteiger charge is -2.12. The van der Waals surface area contributed by atoms with Crippen molar-refractivity contribution in [3.05, 3.63) is 53.3 Å². The third kappa shape index (κ3) is 3.79. The molecule has 0 aliphatic carbocycles. The van der Waals surface area contributed by atoms with Gasteiger partial charge in [0.15, 0.2) is 11.5 Å². The fourth-order valence-corrected chi connectivity index (χ4v) is 2.01. The Hall–Kier alpha value is -1.94. The van der Waals surface area contributed by atoms with Crippen LogP contribution in [0.5, 0.6) is 17.2 Å². The number of alkyl halides is 1. The first-order valence-electron chi connectivity index (χ1n) is 6.36. The molecule has 0 bridgehead atoms. The van der Waals surface area contributed by atoms with E-state index in [9.17, 15) is 4.39 Å². The summed E-state index contributed by atoms with van der Waals surface area (Å²) in [6, 6.07) is 10.1. The van der Waals surface area contributed by atoms with E-state index in [1.807, 2.05) is 6.07 Å². The third-order valence-corrected chi connectivity index (χ3v) is 3.33. The molecule has 0 aliphatic rings. The number of hydrogen-bond acceptors (Lipinski definition) is 3. The van der Waals surface area contributed by atoms with E-state index in [1.165, 1.54) is 13.2 Å². The Morgan fingerprint density at radius 1 is 1.00 bits per heavy atom. The molecule has 0 N–H and O–H groups in total. The molecule has 0 amide bonds. The largest absolute Gasteiger partial charge is 0.497 e. The molecule has 0 unspecified atom stereocenters. The van der Waals surface area contributed by atoms with Crippen molar-refractivity contribution in [2.24, 2.45) is 0 Å². The van der Waals surface area contributed by atoms with E-state index in [1.54, 1.807) is 31.4 Å². The van der Waals surface area contributed by atoms with Crippen LogP contribution in [0.15, 0.2) is 36.4 Å². The number of halogens is 2. The van der Waals surface area contributed by atoms with E-state index in [4.69, 9.17) is 25.8 Å². The van der Waals surface area contributed by atoms with Crippen molar-refractivity contribution >= 4 is 11.6 Å². The molecule has 3 nitrogen and oxygen atoms in total. The minimum atomic E-state index is -0.373. The lowest BCUT2D eigenvalue weighted by Crippen LogP contribution is -2.01. The summed E-state index contributed by atoms with van der Waals surface area (Å²) in [7, 11) is 3.05. The summed E-state index contributed by atoms with van der Waals surface area (Å²) in [5.74, 6) is 1.58. The second-order valence-electron chi connectivity index (χ2n) is 4.36. The summed E-state index contributed by atoms with van der Waals surface area (Å²) in [6.07, 6.45) is 0. The summed E-state index contributed by atoms with van der Waals surface area (Å²) < 4.78 is 29.7. The normalized spacial score (nSPS) is 10.3. The SMILES string of the molecule is COc1ccc(COc2cc(CCl)ccc2OC)c(F)c1. The third-order valence-electron chi connectivity index (χ3n) is 3.03. The first kappa shape index (κ1) is 15.4. The molecule has 0 spiro atoms. The lowest BCUT2D eigenvalue weighted by atomic mass is 10.2. The predicted molar refractivity (Wildman–Crippen MR) is 79.8 cm³/mol. The molecule has 0 radical (unpaired) electrons. The zero-order valence-corrected chi connectivity index (χ0v) is 12.6. The quantitative estimate of drug-likeness (QED) is 0.750. The predicted octanol–water partition coefficient (Wildman–Crippen LogP) is 4.16. The molecule has 0 aliphatic heterocycles. The summed E-state index contributed by atoms with van der Waals surface area (Å²) in [4.78, 5) is 0. The van der Waals surface area contributed by atoms with E-state index in [-0.39, 0.29) is 12.4 Å². The first-order valence-corrected chi connectivity index (χ1v) is 6.89. The van der Waals surface area contributed by atoms with Crippen LogP contribution in [0.3, 0.4) is 0 Å². The van der Waals surface area contributed by atoms with Crippen LogP contribution < -0.4 is 14.2 Å². The van der Waals surface area contributed by atoms with E-state index in [0.717, 1.165) is 5.56 Å². The van der Waals surface area contributed by atoms with Crippen LogP contribution in [0.2, 0.25) is 0 Å². The highest BCUT2D eigenvalue weighted by atomic mass is 35.5. The van der Waals surface area contributed by atoms with Gasteiger partial charge in [0.05, 0.1) is 14.2 Å².